The molecule has 2 aliphatic heterocycles. The number of carbonyl (C=O) groups is 1. The van der Waals surface area contributed by atoms with E-state index in [2.05, 4.69) is 5.32 Å². The lowest BCUT2D eigenvalue weighted by atomic mass is 10.0. The summed E-state index contributed by atoms with van der Waals surface area (Å²) in [4.78, 5) is 14.1. The average molecular weight is 353 g/mol. The highest BCUT2D eigenvalue weighted by molar-refractivity contribution is 7.99. The van der Waals surface area contributed by atoms with E-state index in [1.54, 1.807) is 12.0 Å². The third-order valence-corrected chi connectivity index (χ3v) is 5.39. The number of amides is 1. The molecule has 0 saturated carbocycles. The van der Waals surface area contributed by atoms with Crippen LogP contribution in [0.4, 0.5) is 18.9 Å². The van der Waals surface area contributed by atoms with Crippen LogP contribution < -0.4 is 10.2 Å². The Morgan fingerprint density at radius 3 is 2.86 bits per heavy atom. The van der Waals surface area contributed by atoms with Crippen LogP contribution in [0, 0.1) is 0 Å². The van der Waals surface area contributed by atoms with Crippen LogP contribution in [0.1, 0.15) is 15.9 Å². The molecule has 2 aliphatic rings. The van der Waals surface area contributed by atoms with Gasteiger partial charge in [-0.3, -0.25) is 4.79 Å². The Labute approximate surface area is 133 Å². The summed E-state index contributed by atoms with van der Waals surface area (Å²) in [6.07, 6.45) is -4.77. The van der Waals surface area contributed by atoms with Crippen LogP contribution in [0.2, 0.25) is 5.02 Å². The van der Waals surface area contributed by atoms with Crippen LogP contribution in [0.15, 0.2) is 11.0 Å². The highest BCUT2D eigenvalue weighted by atomic mass is 35.5. The number of ether oxygens (including phenoxy) is 1. The first-order valence-corrected chi connectivity index (χ1v) is 7.81. The van der Waals surface area contributed by atoms with Gasteiger partial charge in [-0.2, -0.15) is 13.2 Å². The molecule has 1 N–H and O–H groups in total. The van der Waals surface area contributed by atoms with Gasteiger partial charge < -0.3 is 15.0 Å². The number of hydrogen-bond acceptors (Lipinski definition) is 4. The number of nitrogens with one attached hydrogen (secondary N) is 1. The van der Waals surface area contributed by atoms with E-state index in [-0.39, 0.29) is 23.4 Å². The fourth-order valence-electron chi connectivity index (χ4n) is 2.56. The van der Waals surface area contributed by atoms with Gasteiger partial charge in [0.25, 0.3) is 5.91 Å². The quantitative estimate of drug-likeness (QED) is 0.843. The third kappa shape index (κ3) is 2.53. The van der Waals surface area contributed by atoms with Crippen LogP contribution in [0.3, 0.4) is 0 Å². The first kappa shape index (κ1) is 15.8. The zero-order valence-electron chi connectivity index (χ0n) is 11.5. The summed E-state index contributed by atoms with van der Waals surface area (Å²) < 4.78 is 44.8. The minimum atomic E-state index is -4.61. The molecular formula is C13H12ClF3N2O2S. The molecule has 120 valence electrons. The first-order chi connectivity index (χ1) is 10.3. The summed E-state index contributed by atoms with van der Waals surface area (Å²) in [6.45, 7) is 0.701. The highest BCUT2D eigenvalue weighted by Gasteiger charge is 2.40. The van der Waals surface area contributed by atoms with Crippen LogP contribution in [0.25, 0.3) is 0 Å². The molecule has 1 aromatic rings. The zero-order chi connectivity index (χ0) is 16.1. The summed E-state index contributed by atoms with van der Waals surface area (Å²) >= 11 is 7.19. The summed E-state index contributed by atoms with van der Waals surface area (Å²) in [5.41, 5.74) is -0.517. The van der Waals surface area contributed by atoms with Gasteiger partial charge in [-0.25, -0.2) is 0 Å². The summed E-state index contributed by atoms with van der Waals surface area (Å²) in [5, 5.41) is 2.23. The van der Waals surface area contributed by atoms with Crippen molar-refractivity contribution < 1.29 is 22.7 Å². The molecule has 3 rings (SSSR count). The molecule has 0 fully saturated rings. The summed E-state index contributed by atoms with van der Waals surface area (Å²) in [5.74, 6) is -0.0552. The number of alkyl halides is 3. The number of nitrogens with zero attached hydrogens (tertiary/aromatic N) is 1. The van der Waals surface area contributed by atoms with Gasteiger partial charge in [0.05, 0.1) is 39.5 Å². The lowest BCUT2D eigenvalue weighted by Gasteiger charge is -2.33. The topological polar surface area (TPSA) is 41.6 Å². The van der Waals surface area contributed by atoms with Crippen LogP contribution in [-0.4, -0.2) is 38.1 Å². The molecule has 1 amide bonds. The predicted octanol–water partition coefficient (Wildman–Crippen LogP) is 2.99. The van der Waals surface area contributed by atoms with E-state index in [1.165, 1.54) is 11.8 Å². The van der Waals surface area contributed by atoms with E-state index in [0.29, 0.717) is 22.9 Å². The van der Waals surface area contributed by atoms with E-state index in [9.17, 15) is 18.0 Å². The number of anilines is 1. The number of rotatable bonds is 1. The fraction of sp³-hybridized carbons (Fsp3) is 0.462. The monoisotopic (exact) mass is 352 g/mol. The first-order valence-electron chi connectivity index (χ1n) is 6.45. The van der Waals surface area contributed by atoms with Crippen molar-refractivity contribution in [2.45, 2.75) is 17.2 Å². The van der Waals surface area contributed by atoms with Crippen molar-refractivity contribution in [1.29, 1.82) is 0 Å². The number of carbonyl (C=O) groups excluding carboxylic acids is 1. The second-order valence-electron chi connectivity index (χ2n) is 5.02. The van der Waals surface area contributed by atoms with E-state index in [4.69, 9.17) is 16.3 Å². The normalized spacial score (nSPS) is 21.2. The molecule has 1 atom stereocenters. The molecule has 1 aromatic carbocycles. The van der Waals surface area contributed by atoms with E-state index >= 15 is 0 Å². The average Bonchev–Trinajstić information content (AvgIpc) is 2.64. The second kappa shape index (κ2) is 5.50. The minimum Gasteiger partial charge on any atom is -0.379 e. The molecule has 22 heavy (non-hydrogen) atoms. The number of thioether (sulfide) groups is 1. The lowest BCUT2D eigenvalue weighted by molar-refractivity contribution is -0.137. The summed E-state index contributed by atoms with van der Waals surface area (Å²) in [7, 11) is 1.55. The van der Waals surface area contributed by atoms with Crippen molar-refractivity contribution >= 4 is 35.0 Å². The summed E-state index contributed by atoms with van der Waals surface area (Å²) in [6, 6.07) is 0.830. The van der Waals surface area contributed by atoms with Gasteiger partial charge >= 0.3 is 6.18 Å². The van der Waals surface area contributed by atoms with Gasteiger partial charge in [0.1, 0.15) is 0 Å². The smallest absolute Gasteiger partial charge is 0.379 e. The van der Waals surface area contributed by atoms with Crippen molar-refractivity contribution in [2.75, 3.05) is 31.0 Å². The van der Waals surface area contributed by atoms with Crippen molar-refractivity contribution in [3.8, 4) is 0 Å². The Morgan fingerprint density at radius 2 is 2.23 bits per heavy atom. The number of benzene rings is 1. The Morgan fingerprint density at radius 1 is 1.50 bits per heavy atom. The minimum absolute atomic E-state index is 0.00206. The van der Waals surface area contributed by atoms with Gasteiger partial charge in [0, 0.05) is 19.4 Å². The van der Waals surface area contributed by atoms with Crippen molar-refractivity contribution in [3.63, 3.8) is 0 Å². The van der Waals surface area contributed by atoms with Gasteiger partial charge in [0.15, 0.2) is 0 Å². The number of halogens is 4. The SMILES string of the molecule is CO[C@@H]1CSc2c(Cl)c(C(F)(F)F)cc3c2N(CNC3=O)C1. The number of methoxy groups -OCH3 is 1. The molecule has 0 aliphatic carbocycles. The Bertz CT molecular complexity index is 639. The standard InChI is InChI=1S/C13H12ClF3N2O2S/c1-21-6-3-19-5-18-12(20)7-2-8(13(15,16)17)9(14)11(10(7)19)22-4-6/h2,6H,3-5H2,1H3,(H,18,20)/t6-/m0/s1. The second-order valence-corrected chi connectivity index (χ2v) is 6.42. The van der Waals surface area contributed by atoms with E-state index in [0.717, 1.165) is 6.07 Å². The van der Waals surface area contributed by atoms with E-state index < -0.39 is 17.6 Å². The van der Waals surface area contributed by atoms with Crippen molar-refractivity contribution in [2.24, 2.45) is 0 Å². The molecule has 0 radical (unpaired) electrons. The fourth-order valence-corrected chi connectivity index (χ4v) is 4.19. The maximum Gasteiger partial charge on any atom is 0.417 e. The largest absolute Gasteiger partial charge is 0.417 e. The van der Waals surface area contributed by atoms with Crippen molar-refractivity contribution in [3.05, 3.63) is 22.2 Å². The zero-order valence-corrected chi connectivity index (χ0v) is 13.0. The Kier molecular flexibility index (Phi) is 3.94. The third-order valence-electron chi connectivity index (χ3n) is 3.66. The maximum absolute atomic E-state index is 13.2. The Hall–Kier alpha value is -1.12. The van der Waals surface area contributed by atoms with Crippen LogP contribution >= 0.6 is 23.4 Å². The van der Waals surface area contributed by atoms with E-state index in [1.807, 2.05) is 0 Å². The highest BCUT2D eigenvalue weighted by Crippen LogP contribution is 2.48. The molecule has 0 spiro atoms. The molecule has 0 aromatic heterocycles. The number of hydrogen-bond donors (Lipinski definition) is 1. The molecule has 0 unspecified atom stereocenters. The van der Waals surface area contributed by atoms with Crippen molar-refractivity contribution in [1.82, 2.24) is 5.32 Å². The molecule has 0 bridgehead atoms. The Balaban J connectivity index is 2.22. The molecule has 2 heterocycles. The maximum atomic E-state index is 13.2. The molecule has 9 heteroatoms. The molecule has 4 nitrogen and oxygen atoms in total. The van der Waals surface area contributed by atoms with Gasteiger partial charge in [-0.05, 0) is 6.07 Å². The van der Waals surface area contributed by atoms with Crippen LogP contribution in [0.5, 0.6) is 0 Å². The van der Waals surface area contributed by atoms with Gasteiger partial charge in [0.2, 0.25) is 0 Å². The van der Waals surface area contributed by atoms with Crippen LogP contribution in [-0.2, 0) is 10.9 Å². The molecular weight excluding hydrogens is 341 g/mol. The van der Waals surface area contributed by atoms with Gasteiger partial charge in [-0.1, -0.05) is 11.6 Å². The predicted molar refractivity (Wildman–Crippen MR) is 77.7 cm³/mol. The van der Waals surface area contributed by atoms with Gasteiger partial charge in [-0.15, -0.1) is 11.8 Å². The molecule has 0 saturated heterocycles. The lowest BCUT2D eigenvalue weighted by Crippen LogP contribution is -2.46.